The van der Waals surface area contributed by atoms with Crippen molar-refractivity contribution in [3.05, 3.63) is 36.3 Å². The molecule has 2 heterocycles. The van der Waals surface area contributed by atoms with Crippen LogP contribution in [0.3, 0.4) is 0 Å². The summed E-state index contributed by atoms with van der Waals surface area (Å²) in [4.78, 5) is 8.54. The van der Waals surface area contributed by atoms with E-state index in [4.69, 9.17) is 5.73 Å². The fraction of sp³-hybridized carbons (Fsp3) is 0.429. The molecule has 1 fully saturated rings. The number of aromatic nitrogens is 2. The van der Waals surface area contributed by atoms with Gasteiger partial charge in [0.15, 0.2) is 0 Å². The van der Waals surface area contributed by atoms with E-state index in [2.05, 4.69) is 16.0 Å². The van der Waals surface area contributed by atoms with Crippen LogP contribution in [0.2, 0.25) is 0 Å². The van der Waals surface area contributed by atoms with Crippen molar-refractivity contribution < 1.29 is 0 Å². The molecule has 3 heteroatoms. The molecular weight excluding hydrogens is 210 g/mol. The lowest BCUT2D eigenvalue weighted by atomic mass is 9.78. The highest BCUT2D eigenvalue weighted by Gasteiger charge is 2.29. The minimum atomic E-state index is -0.164. The number of fused-ring (bicyclic) bond motifs is 1. The predicted octanol–water partition coefficient (Wildman–Crippen LogP) is 2.75. The zero-order chi connectivity index (χ0) is 11.7. The Labute approximate surface area is 101 Å². The Balaban J connectivity index is 2.05. The number of nitrogens with two attached hydrogens (primary N) is 1. The maximum atomic E-state index is 6.52. The minimum absolute atomic E-state index is 0.164. The van der Waals surface area contributed by atoms with Crippen molar-refractivity contribution in [1.82, 2.24) is 9.97 Å². The molecule has 2 aromatic rings. The van der Waals surface area contributed by atoms with Gasteiger partial charge < -0.3 is 5.73 Å². The van der Waals surface area contributed by atoms with E-state index >= 15 is 0 Å². The van der Waals surface area contributed by atoms with Gasteiger partial charge in [-0.15, -0.1) is 0 Å². The summed E-state index contributed by atoms with van der Waals surface area (Å²) in [6.07, 6.45) is 11.4. The Morgan fingerprint density at radius 1 is 1.12 bits per heavy atom. The summed E-state index contributed by atoms with van der Waals surface area (Å²) in [5.41, 5.74) is 8.47. The van der Waals surface area contributed by atoms with Crippen LogP contribution in [0, 0.1) is 0 Å². The van der Waals surface area contributed by atoms with Gasteiger partial charge in [-0.2, -0.15) is 0 Å². The summed E-state index contributed by atoms with van der Waals surface area (Å²) in [5.74, 6) is 0. The van der Waals surface area contributed by atoms with Crippen molar-refractivity contribution in [2.24, 2.45) is 5.73 Å². The maximum Gasteiger partial charge on any atom is 0.0885 e. The third-order valence-corrected chi connectivity index (χ3v) is 3.81. The Hall–Kier alpha value is -1.48. The van der Waals surface area contributed by atoms with Crippen LogP contribution in [0.5, 0.6) is 0 Å². The van der Waals surface area contributed by atoms with Gasteiger partial charge in [-0.25, -0.2) is 0 Å². The van der Waals surface area contributed by atoms with E-state index in [0.29, 0.717) is 0 Å². The molecule has 1 aliphatic carbocycles. The summed E-state index contributed by atoms with van der Waals surface area (Å²) < 4.78 is 0. The molecule has 3 rings (SSSR count). The number of nitrogens with zero attached hydrogens (tertiary/aromatic N) is 2. The summed E-state index contributed by atoms with van der Waals surface area (Å²) >= 11 is 0. The molecule has 2 N–H and O–H groups in total. The van der Waals surface area contributed by atoms with Crippen molar-refractivity contribution in [3.8, 4) is 0 Å². The molecule has 0 amide bonds. The first kappa shape index (κ1) is 10.7. The molecule has 0 aliphatic heterocycles. The van der Waals surface area contributed by atoms with Crippen LogP contribution in [0.4, 0.5) is 0 Å². The molecule has 0 bridgehead atoms. The lowest BCUT2D eigenvalue weighted by Crippen LogP contribution is -2.38. The van der Waals surface area contributed by atoms with Gasteiger partial charge in [-0.05, 0) is 30.5 Å². The average molecular weight is 227 g/mol. The lowest BCUT2D eigenvalue weighted by molar-refractivity contribution is 0.302. The third-order valence-electron chi connectivity index (χ3n) is 3.81. The first-order valence-corrected chi connectivity index (χ1v) is 6.27. The van der Waals surface area contributed by atoms with Crippen molar-refractivity contribution in [1.29, 1.82) is 0 Å². The van der Waals surface area contributed by atoms with E-state index in [-0.39, 0.29) is 5.54 Å². The van der Waals surface area contributed by atoms with Crippen LogP contribution in [0.1, 0.15) is 37.7 Å². The fourth-order valence-corrected chi connectivity index (χ4v) is 2.71. The average Bonchev–Trinajstić information content (AvgIpc) is 2.39. The SMILES string of the molecule is NC1(c2cnc3cnccc3c2)CCCCC1. The normalized spacial score (nSPS) is 19.4. The Bertz CT molecular complexity index is 530. The first-order valence-electron chi connectivity index (χ1n) is 6.27. The molecule has 0 spiro atoms. The van der Waals surface area contributed by atoms with E-state index in [1.165, 1.54) is 24.8 Å². The summed E-state index contributed by atoms with van der Waals surface area (Å²) in [6.45, 7) is 0. The molecule has 0 aromatic carbocycles. The summed E-state index contributed by atoms with van der Waals surface area (Å²) in [6, 6.07) is 4.17. The lowest BCUT2D eigenvalue weighted by Gasteiger charge is -2.33. The van der Waals surface area contributed by atoms with E-state index in [9.17, 15) is 0 Å². The van der Waals surface area contributed by atoms with Gasteiger partial charge in [-0.1, -0.05) is 19.3 Å². The fourth-order valence-electron chi connectivity index (χ4n) is 2.71. The van der Waals surface area contributed by atoms with Crippen molar-refractivity contribution >= 4 is 10.9 Å². The molecule has 1 aliphatic rings. The predicted molar refractivity (Wildman–Crippen MR) is 68.5 cm³/mol. The zero-order valence-electron chi connectivity index (χ0n) is 9.89. The van der Waals surface area contributed by atoms with Gasteiger partial charge in [-0.3, -0.25) is 9.97 Å². The first-order chi connectivity index (χ1) is 8.28. The van der Waals surface area contributed by atoms with Crippen molar-refractivity contribution in [2.75, 3.05) is 0 Å². The molecule has 0 unspecified atom stereocenters. The number of rotatable bonds is 1. The Morgan fingerprint density at radius 3 is 2.76 bits per heavy atom. The van der Waals surface area contributed by atoms with Crippen LogP contribution < -0.4 is 5.73 Å². The molecule has 17 heavy (non-hydrogen) atoms. The van der Waals surface area contributed by atoms with Crippen LogP contribution in [0.15, 0.2) is 30.7 Å². The maximum absolute atomic E-state index is 6.52. The van der Waals surface area contributed by atoms with Gasteiger partial charge in [0.2, 0.25) is 0 Å². The highest BCUT2D eigenvalue weighted by Crippen LogP contribution is 2.35. The van der Waals surface area contributed by atoms with Crippen LogP contribution >= 0.6 is 0 Å². The van der Waals surface area contributed by atoms with Gasteiger partial charge in [0.1, 0.15) is 0 Å². The highest BCUT2D eigenvalue weighted by molar-refractivity contribution is 5.77. The molecule has 1 saturated carbocycles. The monoisotopic (exact) mass is 227 g/mol. The van der Waals surface area contributed by atoms with E-state index in [1.54, 1.807) is 12.4 Å². The third kappa shape index (κ3) is 1.91. The minimum Gasteiger partial charge on any atom is -0.321 e. The van der Waals surface area contributed by atoms with E-state index < -0.39 is 0 Å². The topological polar surface area (TPSA) is 51.8 Å². The van der Waals surface area contributed by atoms with Gasteiger partial charge in [0, 0.05) is 23.3 Å². The molecule has 3 nitrogen and oxygen atoms in total. The van der Waals surface area contributed by atoms with Crippen LogP contribution in [0.25, 0.3) is 10.9 Å². The van der Waals surface area contributed by atoms with Gasteiger partial charge in [0.05, 0.1) is 11.7 Å². The number of hydrogen-bond donors (Lipinski definition) is 1. The second kappa shape index (κ2) is 4.08. The largest absolute Gasteiger partial charge is 0.321 e. The molecule has 0 saturated heterocycles. The van der Waals surface area contributed by atoms with Gasteiger partial charge in [0.25, 0.3) is 0 Å². The quantitative estimate of drug-likeness (QED) is 0.815. The number of pyridine rings is 2. The summed E-state index contributed by atoms with van der Waals surface area (Å²) in [5, 5.41) is 1.13. The second-order valence-corrected chi connectivity index (χ2v) is 5.01. The molecule has 2 aromatic heterocycles. The van der Waals surface area contributed by atoms with E-state index in [1.807, 2.05) is 12.3 Å². The molecule has 0 atom stereocenters. The summed E-state index contributed by atoms with van der Waals surface area (Å²) in [7, 11) is 0. The van der Waals surface area contributed by atoms with Crippen molar-refractivity contribution in [2.45, 2.75) is 37.6 Å². The Morgan fingerprint density at radius 2 is 1.94 bits per heavy atom. The Kier molecular flexibility index (Phi) is 2.56. The standard InChI is InChI=1S/C14H17N3/c15-14(5-2-1-3-6-14)12-8-11-4-7-16-10-13(11)17-9-12/h4,7-10H,1-3,5-6,15H2. The van der Waals surface area contributed by atoms with Gasteiger partial charge >= 0.3 is 0 Å². The number of hydrogen-bond acceptors (Lipinski definition) is 3. The van der Waals surface area contributed by atoms with Crippen LogP contribution in [-0.4, -0.2) is 9.97 Å². The molecular formula is C14H17N3. The molecule has 88 valence electrons. The van der Waals surface area contributed by atoms with Crippen LogP contribution in [-0.2, 0) is 5.54 Å². The van der Waals surface area contributed by atoms with Crippen molar-refractivity contribution in [3.63, 3.8) is 0 Å². The second-order valence-electron chi connectivity index (χ2n) is 5.01. The molecule has 0 radical (unpaired) electrons. The smallest absolute Gasteiger partial charge is 0.0885 e. The zero-order valence-corrected chi connectivity index (χ0v) is 9.89. The van der Waals surface area contributed by atoms with E-state index in [0.717, 1.165) is 23.7 Å². The highest BCUT2D eigenvalue weighted by atomic mass is 14.8.